The molecule has 1 saturated heterocycles. The van der Waals surface area contributed by atoms with E-state index < -0.39 is 0 Å². The van der Waals surface area contributed by atoms with Gasteiger partial charge in [0.05, 0.1) is 0 Å². The highest BCUT2D eigenvalue weighted by Gasteiger charge is 2.27. The van der Waals surface area contributed by atoms with Crippen LogP contribution in [-0.2, 0) is 0 Å². The number of rotatable bonds is 4. The number of nitrogens with zero attached hydrogens (tertiary/aromatic N) is 1. The first kappa shape index (κ1) is 12.7. The van der Waals surface area contributed by atoms with Crippen LogP contribution in [0.3, 0.4) is 0 Å². The third-order valence-corrected chi connectivity index (χ3v) is 3.88. The molecule has 0 aromatic rings. The molecule has 2 rings (SSSR count). The molecule has 1 heterocycles. The van der Waals surface area contributed by atoms with Crippen LogP contribution in [0.2, 0.25) is 0 Å². The maximum Gasteiger partial charge on any atom is 0.317 e. The van der Waals surface area contributed by atoms with E-state index in [9.17, 15) is 4.79 Å². The molecule has 17 heavy (non-hydrogen) atoms. The summed E-state index contributed by atoms with van der Waals surface area (Å²) in [6.07, 6.45) is 6.99. The lowest BCUT2D eigenvalue weighted by Gasteiger charge is -2.29. The first-order valence-electron chi connectivity index (χ1n) is 7.09. The lowest BCUT2D eigenvalue weighted by Crippen LogP contribution is -2.49. The highest BCUT2D eigenvalue weighted by atomic mass is 16.2. The fourth-order valence-electron chi connectivity index (χ4n) is 2.92. The molecule has 1 atom stereocenters. The van der Waals surface area contributed by atoms with Crippen molar-refractivity contribution in [1.29, 1.82) is 0 Å². The number of nitrogens with one attached hydrogen (secondary N) is 2. The van der Waals surface area contributed by atoms with E-state index in [1.807, 2.05) is 4.90 Å². The van der Waals surface area contributed by atoms with Crippen LogP contribution in [-0.4, -0.2) is 42.6 Å². The number of carbonyl (C=O) groups excluding carboxylic acids is 1. The molecule has 0 aromatic heterocycles. The Bertz CT molecular complexity index is 245. The summed E-state index contributed by atoms with van der Waals surface area (Å²) in [5.41, 5.74) is 0. The maximum atomic E-state index is 12.3. The summed E-state index contributed by atoms with van der Waals surface area (Å²) in [5, 5.41) is 6.54. The van der Waals surface area contributed by atoms with Crippen molar-refractivity contribution in [2.75, 3.05) is 19.6 Å². The molecular formula is C13H25N3O. The monoisotopic (exact) mass is 239 g/mol. The van der Waals surface area contributed by atoms with Gasteiger partial charge in [-0.05, 0) is 32.2 Å². The third-order valence-electron chi connectivity index (χ3n) is 3.88. The molecule has 0 aromatic carbocycles. The molecule has 2 aliphatic rings. The second-order valence-electron chi connectivity index (χ2n) is 5.27. The van der Waals surface area contributed by atoms with Crippen molar-refractivity contribution >= 4 is 6.03 Å². The Morgan fingerprint density at radius 2 is 2.12 bits per heavy atom. The van der Waals surface area contributed by atoms with Gasteiger partial charge in [-0.2, -0.15) is 0 Å². The molecule has 98 valence electrons. The molecule has 0 spiro atoms. The topological polar surface area (TPSA) is 44.4 Å². The van der Waals surface area contributed by atoms with Crippen LogP contribution in [0.5, 0.6) is 0 Å². The molecule has 1 aliphatic carbocycles. The Kier molecular flexibility index (Phi) is 4.66. The third kappa shape index (κ3) is 3.35. The molecule has 2 amide bonds. The Morgan fingerprint density at radius 3 is 2.71 bits per heavy atom. The average Bonchev–Trinajstić information content (AvgIpc) is 2.97. The number of hydrogen-bond donors (Lipinski definition) is 2. The van der Waals surface area contributed by atoms with Crippen LogP contribution >= 0.6 is 0 Å². The molecular weight excluding hydrogens is 214 g/mol. The minimum absolute atomic E-state index is 0.160. The zero-order valence-corrected chi connectivity index (χ0v) is 10.9. The lowest BCUT2D eigenvalue weighted by atomic mass is 10.2. The van der Waals surface area contributed by atoms with Crippen LogP contribution in [0.25, 0.3) is 0 Å². The van der Waals surface area contributed by atoms with Crippen molar-refractivity contribution in [3.8, 4) is 0 Å². The zero-order valence-electron chi connectivity index (χ0n) is 10.9. The van der Waals surface area contributed by atoms with Crippen molar-refractivity contribution < 1.29 is 4.79 Å². The molecule has 0 bridgehead atoms. The molecule has 1 saturated carbocycles. The Morgan fingerprint density at radius 1 is 1.35 bits per heavy atom. The number of hydrogen-bond acceptors (Lipinski definition) is 2. The van der Waals surface area contributed by atoms with Gasteiger partial charge < -0.3 is 15.5 Å². The first-order chi connectivity index (χ1) is 8.31. The SMILES string of the molecule is CCCN(C(=O)NC1CCCC1)C1CCNC1. The highest BCUT2D eigenvalue weighted by molar-refractivity contribution is 5.75. The molecule has 1 unspecified atom stereocenters. The van der Waals surface area contributed by atoms with E-state index in [1.54, 1.807) is 0 Å². The summed E-state index contributed by atoms with van der Waals surface area (Å²) < 4.78 is 0. The molecule has 2 fully saturated rings. The van der Waals surface area contributed by atoms with E-state index in [-0.39, 0.29) is 6.03 Å². The second kappa shape index (κ2) is 6.24. The second-order valence-corrected chi connectivity index (χ2v) is 5.27. The van der Waals surface area contributed by atoms with Crippen molar-refractivity contribution in [1.82, 2.24) is 15.5 Å². The van der Waals surface area contributed by atoms with E-state index in [4.69, 9.17) is 0 Å². The van der Waals surface area contributed by atoms with Crippen LogP contribution in [0.15, 0.2) is 0 Å². The summed E-state index contributed by atoms with van der Waals surface area (Å²) in [4.78, 5) is 14.3. The maximum absolute atomic E-state index is 12.3. The van der Waals surface area contributed by atoms with Crippen LogP contribution < -0.4 is 10.6 Å². The van der Waals surface area contributed by atoms with Gasteiger partial charge in [0, 0.05) is 25.2 Å². The summed E-state index contributed by atoms with van der Waals surface area (Å²) in [6, 6.07) is 0.986. The van der Waals surface area contributed by atoms with Gasteiger partial charge in [-0.1, -0.05) is 19.8 Å². The minimum Gasteiger partial charge on any atom is -0.335 e. The van der Waals surface area contributed by atoms with E-state index in [2.05, 4.69) is 17.6 Å². The van der Waals surface area contributed by atoms with E-state index in [0.717, 1.165) is 45.3 Å². The van der Waals surface area contributed by atoms with Crippen LogP contribution in [0.1, 0.15) is 45.4 Å². The van der Waals surface area contributed by atoms with Gasteiger partial charge in [-0.3, -0.25) is 0 Å². The van der Waals surface area contributed by atoms with Crippen LogP contribution in [0.4, 0.5) is 4.79 Å². The van der Waals surface area contributed by atoms with Gasteiger partial charge in [0.15, 0.2) is 0 Å². The lowest BCUT2D eigenvalue weighted by molar-refractivity contribution is 0.175. The predicted molar refractivity (Wildman–Crippen MR) is 69.1 cm³/mol. The van der Waals surface area contributed by atoms with E-state index >= 15 is 0 Å². The van der Waals surface area contributed by atoms with E-state index in [1.165, 1.54) is 12.8 Å². The van der Waals surface area contributed by atoms with Gasteiger partial charge in [0.2, 0.25) is 0 Å². The summed E-state index contributed by atoms with van der Waals surface area (Å²) in [5.74, 6) is 0. The van der Waals surface area contributed by atoms with Gasteiger partial charge in [-0.25, -0.2) is 4.79 Å². The first-order valence-corrected chi connectivity index (χ1v) is 7.09. The Labute approximate surface area is 104 Å². The molecule has 0 radical (unpaired) electrons. The quantitative estimate of drug-likeness (QED) is 0.784. The molecule has 4 nitrogen and oxygen atoms in total. The minimum atomic E-state index is 0.160. The number of carbonyl (C=O) groups is 1. The average molecular weight is 239 g/mol. The van der Waals surface area contributed by atoms with Gasteiger partial charge in [0.25, 0.3) is 0 Å². The fraction of sp³-hybridized carbons (Fsp3) is 0.923. The number of amides is 2. The van der Waals surface area contributed by atoms with Crippen molar-refractivity contribution in [3.63, 3.8) is 0 Å². The summed E-state index contributed by atoms with van der Waals surface area (Å²) >= 11 is 0. The highest BCUT2D eigenvalue weighted by Crippen LogP contribution is 2.18. The van der Waals surface area contributed by atoms with Crippen molar-refractivity contribution in [3.05, 3.63) is 0 Å². The van der Waals surface area contributed by atoms with Crippen molar-refractivity contribution in [2.45, 2.75) is 57.5 Å². The predicted octanol–water partition coefficient (Wildman–Crippen LogP) is 1.71. The Balaban J connectivity index is 1.86. The number of urea groups is 1. The fourth-order valence-corrected chi connectivity index (χ4v) is 2.92. The molecule has 2 N–H and O–H groups in total. The molecule has 4 heteroatoms. The van der Waals surface area contributed by atoms with Gasteiger partial charge in [-0.15, -0.1) is 0 Å². The van der Waals surface area contributed by atoms with Gasteiger partial charge >= 0.3 is 6.03 Å². The largest absolute Gasteiger partial charge is 0.335 e. The summed E-state index contributed by atoms with van der Waals surface area (Å²) in [6.45, 7) is 5.02. The van der Waals surface area contributed by atoms with Gasteiger partial charge in [0.1, 0.15) is 0 Å². The zero-order chi connectivity index (χ0) is 12.1. The summed E-state index contributed by atoms with van der Waals surface area (Å²) in [7, 11) is 0. The van der Waals surface area contributed by atoms with Crippen molar-refractivity contribution in [2.24, 2.45) is 0 Å². The molecule has 1 aliphatic heterocycles. The van der Waals surface area contributed by atoms with E-state index in [0.29, 0.717) is 12.1 Å². The Hall–Kier alpha value is -0.770. The standard InChI is InChI=1S/C13H25N3O/c1-2-9-16(12-7-8-14-10-12)13(17)15-11-5-3-4-6-11/h11-12,14H,2-10H2,1H3,(H,15,17). The normalized spacial score (nSPS) is 25.1. The smallest absolute Gasteiger partial charge is 0.317 e. The van der Waals surface area contributed by atoms with Crippen LogP contribution in [0, 0.1) is 0 Å².